The lowest BCUT2D eigenvalue weighted by molar-refractivity contribution is -0.0521. The van der Waals surface area contributed by atoms with Gasteiger partial charge in [-0.2, -0.15) is 0 Å². The molecule has 0 aliphatic carbocycles. The van der Waals surface area contributed by atoms with Crippen LogP contribution in [-0.2, 0) is 0 Å². The largest absolute Gasteiger partial charge is 0.390 e. The van der Waals surface area contributed by atoms with Gasteiger partial charge in [-0.05, 0) is 44.1 Å². The van der Waals surface area contributed by atoms with E-state index in [0.717, 1.165) is 38.8 Å². The molecular weight excluding hydrogens is 174 g/mol. The molecule has 0 aromatic carbocycles. The number of hydrogen-bond donors (Lipinski definition) is 2. The number of rotatable bonds is 4. The van der Waals surface area contributed by atoms with E-state index in [1.165, 1.54) is 0 Å². The highest BCUT2D eigenvalue weighted by atomic mass is 16.3. The first-order chi connectivity index (χ1) is 6.58. The van der Waals surface area contributed by atoms with Crippen LogP contribution in [0.25, 0.3) is 0 Å². The minimum absolute atomic E-state index is 0.385. The molecule has 2 atom stereocenters. The topological polar surface area (TPSA) is 32.3 Å². The zero-order chi connectivity index (χ0) is 10.6. The third-order valence-electron chi connectivity index (χ3n) is 3.53. The summed E-state index contributed by atoms with van der Waals surface area (Å²) < 4.78 is 0. The average molecular weight is 199 g/mol. The predicted molar refractivity (Wildman–Crippen MR) is 60.3 cm³/mol. The highest BCUT2D eigenvalue weighted by Crippen LogP contribution is 2.32. The smallest absolute Gasteiger partial charge is 0.0700 e. The lowest BCUT2D eigenvalue weighted by Crippen LogP contribution is -2.50. The van der Waals surface area contributed by atoms with Crippen LogP contribution in [0.1, 0.15) is 46.5 Å². The van der Waals surface area contributed by atoms with Crippen LogP contribution in [0.2, 0.25) is 0 Å². The van der Waals surface area contributed by atoms with Crippen molar-refractivity contribution in [2.75, 3.05) is 13.1 Å². The first kappa shape index (κ1) is 12.0. The number of piperidine rings is 1. The molecule has 0 bridgehead atoms. The average Bonchev–Trinajstić information content (AvgIpc) is 2.16. The molecule has 0 spiro atoms. The standard InChI is InChI=1S/C12H25NO/c1-4-11-9-13-8-7-12(11,14)6-5-10(2)3/h10-11,13-14H,4-9H2,1-3H3. The Balaban J connectivity index is 2.49. The maximum Gasteiger partial charge on any atom is 0.0700 e. The molecule has 2 N–H and O–H groups in total. The maximum atomic E-state index is 10.5. The molecule has 1 rings (SSSR count). The molecule has 0 saturated carbocycles. The highest BCUT2D eigenvalue weighted by molar-refractivity contribution is 4.91. The summed E-state index contributed by atoms with van der Waals surface area (Å²) in [7, 11) is 0. The second-order valence-corrected chi connectivity index (χ2v) is 5.10. The minimum Gasteiger partial charge on any atom is -0.390 e. The molecule has 0 amide bonds. The van der Waals surface area contributed by atoms with E-state index < -0.39 is 0 Å². The summed E-state index contributed by atoms with van der Waals surface area (Å²) in [5.74, 6) is 1.15. The van der Waals surface area contributed by atoms with E-state index in [9.17, 15) is 5.11 Å². The van der Waals surface area contributed by atoms with Crippen molar-refractivity contribution in [3.8, 4) is 0 Å². The van der Waals surface area contributed by atoms with Crippen molar-refractivity contribution >= 4 is 0 Å². The Morgan fingerprint density at radius 1 is 1.50 bits per heavy atom. The Morgan fingerprint density at radius 2 is 2.21 bits per heavy atom. The van der Waals surface area contributed by atoms with Gasteiger partial charge in [0.15, 0.2) is 0 Å². The van der Waals surface area contributed by atoms with E-state index >= 15 is 0 Å². The lowest BCUT2D eigenvalue weighted by Gasteiger charge is -2.40. The molecule has 1 saturated heterocycles. The molecular formula is C12H25NO. The molecule has 2 nitrogen and oxygen atoms in total. The maximum absolute atomic E-state index is 10.5. The Kier molecular flexibility index (Phi) is 4.39. The lowest BCUT2D eigenvalue weighted by atomic mass is 9.76. The predicted octanol–water partition coefficient (Wildman–Crippen LogP) is 2.17. The van der Waals surface area contributed by atoms with Gasteiger partial charge in [0.1, 0.15) is 0 Å². The van der Waals surface area contributed by atoms with Crippen molar-refractivity contribution in [3.63, 3.8) is 0 Å². The molecule has 2 unspecified atom stereocenters. The van der Waals surface area contributed by atoms with Crippen LogP contribution < -0.4 is 5.32 Å². The summed E-state index contributed by atoms with van der Waals surface area (Å²) in [6.07, 6.45) is 4.14. The fourth-order valence-electron chi connectivity index (χ4n) is 2.37. The van der Waals surface area contributed by atoms with E-state index in [1.807, 2.05) is 0 Å². The molecule has 2 heteroatoms. The van der Waals surface area contributed by atoms with Gasteiger partial charge in [-0.15, -0.1) is 0 Å². The molecule has 84 valence electrons. The molecule has 0 radical (unpaired) electrons. The molecule has 1 fully saturated rings. The second-order valence-electron chi connectivity index (χ2n) is 5.10. The molecule has 0 aromatic rings. The van der Waals surface area contributed by atoms with Crippen molar-refractivity contribution in [1.29, 1.82) is 0 Å². The van der Waals surface area contributed by atoms with Crippen molar-refractivity contribution < 1.29 is 5.11 Å². The van der Waals surface area contributed by atoms with Gasteiger partial charge in [0.05, 0.1) is 5.60 Å². The number of hydrogen-bond acceptors (Lipinski definition) is 2. The van der Waals surface area contributed by atoms with Crippen LogP contribution in [0.4, 0.5) is 0 Å². The zero-order valence-corrected chi connectivity index (χ0v) is 9.84. The summed E-state index contributed by atoms with van der Waals surface area (Å²) in [6, 6.07) is 0. The number of nitrogens with one attached hydrogen (secondary N) is 1. The third kappa shape index (κ3) is 2.96. The first-order valence-electron chi connectivity index (χ1n) is 6.01. The van der Waals surface area contributed by atoms with Crippen LogP contribution >= 0.6 is 0 Å². The monoisotopic (exact) mass is 199 g/mol. The van der Waals surface area contributed by atoms with Crippen LogP contribution in [0.5, 0.6) is 0 Å². The van der Waals surface area contributed by atoms with Crippen LogP contribution in [0.3, 0.4) is 0 Å². The third-order valence-corrected chi connectivity index (χ3v) is 3.53. The molecule has 1 aliphatic heterocycles. The van der Waals surface area contributed by atoms with Gasteiger partial charge >= 0.3 is 0 Å². The Labute approximate surface area is 88.1 Å². The van der Waals surface area contributed by atoms with Gasteiger partial charge in [-0.25, -0.2) is 0 Å². The van der Waals surface area contributed by atoms with Crippen LogP contribution in [-0.4, -0.2) is 23.8 Å². The first-order valence-corrected chi connectivity index (χ1v) is 6.01. The fourth-order valence-corrected chi connectivity index (χ4v) is 2.37. The van der Waals surface area contributed by atoms with Gasteiger partial charge in [-0.3, -0.25) is 0 Å². The summed E-state index contributed by atoms with van der Waals surface area (Å²) in [4.78, 5) is 0. The van der Waals surface area contributed by atoms with E-state index in [4.69, 9.17) is 0 Å². The van der Waals surface area contributed by atoms with Crippen LogP contribution in [0.15, 0.2) is 0 Å². The van der Waals surface area contributed by atoms with Crippen LogP contribution in [0, 0.1) is 11.8 Å². The molecule has 1 aliphatic rings. The normalized spacial score (nSPS) is 33.6. The van der Waals surface area contributed by atoms with Gasteiger partial charge in [-0.1, -0.05) is 20.8 Å². The van der Waals surface area contributed by atoms with Gasteiger partial charge in [0.2, 0.25) is 0 Å². The van der Waals surface area contributed by atoms with Gasteiger partial charge in [0.25, 0.3) is 0 Å². The van der Waals surface area contributed by atoms with E-state index in [0.29, 0.717) is 11.8 Å². The van der Waals surface area contributed by atoms with Crippen molar-refractivity contribution in [2.45, 2.75) is 52.1 Å². The molecule has 1 heterocycles. The van der Waals surface area contributed by atoms with Crippen molar-refractivity contribution in [1.82, 2.24) is 5.32 Å². The minimum atomic E-state index is -0.385. The van der Waals surface area contributed by atoms with E-state index in [1.54, 1.807) is 0 Å². The van der Waals surface area contributed by atoms with E-state index in [2.05, 4.69) is 26.1 Å². The second kappa shape index (κ2) is 5.13. The quantitative estimate of drug-likeness (QED) is 0.727. The van der Waals surface area contributed by atoms with E-state index in [-0.39, 0.29) is 5.60 Å². The van der Waals surface area contributed by atoms with Crippen molar-refractivity contribution in [2.24, 2.45) is 11.8 Å². The zero-order valence-electron chi connectivity index (χ0n) is 9.84. The Morgan fingerprint density at radius 3 is 2.79 bits per heavy atom. The summed E-state index contributed by atoms with van der Waals surface area (Å²) in [6.45, 7) is 8.60. The Hall–Kier alpha value is -0.0800. The summed E-state index contributed by atoms with van der Waals surface area (Å²) in [5.41, 5.74) is -0.385. The fraction of sp³-hybridized carbons (Fsp3) is 1.00. The molecule has 0 aromatic heterocycles. The SMILES string of the molecule is CCC1CNCCC1(O)CCC(C)C. The molecule has 14 heavy (non-hydrogen) atoms. The van der Waals surface area contributed by atoms with Crippen molar-refractivity contribution in [3.05, 3.63) is 0 Å². The summed E-state index contributed by atoms with van der Waals surface area (Å²) in [5, 5.41) is 13.9. The number of aliphatic hydroxyl groups is 1. The van der Waals surface area contributed by atoms with Gasteiger partial charge in [0, 0.05) is 6.54 Å². The summed E-state index contributed by atoms with van der Waals surface area (Å²) >= 11 is 0. The van der Waals surface area contributed by atoms with Gasteiger partial charge < -0.3 is 10.4 Å². The highest BCUT2D eigenvalue weighted by Gasteiger charge is 2.37. The Bertz CT molecular complexity index is 170.